The van der Waals surface area contributed by atoms with E-state index in [-0.39, 0.29) is 24.3 Å². The first-order chi connectivity index (χ1) is 12.9. The van der Waals surface area contributed by atoms with Crippen molar-refractivity contribution < 1.29 is 19.1 Å². The molecule has 2 aromatic rings. The fourth-order valence-corrected chi connectivity index (χ4v) is 4.32. The molecule has 2 aromatic heterocycles. The molecule has 1 fully saturated rings. The van der Waals surface area contributed by atoms with Gasteiger partial charge >= 0.3 is 11.9 Å². The minimum atomic E-state index is -0.502. The summed E-state index contributed by atoms with van der Waals surface area (Å²) < 4.78 is 11.9. The lowest BCUT2D eigenvalue weighted by molar-refractivity contribution is -0.148. The summed E-state index contributed by atoms with van der Waals surface area (Å²) in [5.41, 5.74) is 0.200. The van der Waals surface area contributed by atoms with Crippen LogP contribution in [-0.2, 0) is 20.8 Å². The maximum Gasteiger partial charge on any atom is 0.348 e. The number of carbonyl (C=O) groups is 2. The van der Waals surface area contributed by atoms with Crippen LogP contribution in [0, 0.1) is 6.92 Å². The average molecular weight is 392 g/mol. The molecule has 1 aliphatic carbocycles. The molecule has 0 spiro atoms. The minimum absolute atomic E-state index is 0.0497. The van der Waals surface area contributed by atoms with E-state index in [0.29, 0.717) is 20.7 Å². The zero-order chi connectivity index (χ0) is 19.6. The van der Waals surface area contributed by atoms with Gasteiger partial charge in [0, 0.05) is 0 Å². The Bertz CT molecular complexity index is 909. The number of hydrogen-bond donors (Lipinski definition) is 0. The molecule has 0 atom stereocenters. The Kier molecular flexibility index (Phi) is 5.94. The Labute approximate surface area is 161 Å². The summed E-state index contributed by atoms with van der Waals surface area (Å²) in [4.78, 5) is 42.3. The molecule has 0 saturated heterocycles. The van der Waals surface area contributed by atoms with Crippen LogP contribution in [0.5, 0.6) is 0 Å². The van der Waals surface area contributed by atoms with E-state index >= 15 is 0 Å². The minimum Gasteiger partial charge on any atom is -0.462 e. The molecule has 27 heavy (non-hydrogen) atoms. The highest BCUT2D eigenvalue weighted by Crippen LogP contribution is 2.29. The molecule has 1 saturated carbocycles. The summed E-state index contributed by atoms with van der Waals surface area (Å²) in [5.74, 6) is -0.898. The highest BCUT2D eigenvalue weighted by Gasteiger charge is 2.24. The second-order valence-electron chi connectivity index (χ2n) is 7.12. The second kappa shape index (κ2) is 8.21. The first-order valence-electron chi connectivity index (χ1n) is 9.25. The zero-order valence-corrected chi connectivity index (χ0v) is 16.6. The van der Waals surface area contributed by atoms with E-state index in [4.69, 9.17) is 9.47 Å². The van der Waals surface area contributed by atoms with Crippen molar-refractivity contribution in [3.05, 3.63) is 27.1 Å². The van der Waals surface area contributed by atoms with Gasteiger partial charge in [0.25, 0.3) is 5.56 Å². The van der Waals surface area contributed by atoms with E-state index in [2.05, 4.69) is 4.98 Å². The molecule has 7 nitrogen and oxygen atoms in total. The van der Waals surface area contributed by atoms with Gasteiger partial charge in [0.2, 0.25) is 0 Å². The van der Waals surface area contributed by atoms with Crippen LogP contribution in [0.1, 0.15) is 61.2 Å². The maximum atomic E-state index is 12.8. The summed E-state index contributed by atoms with van der Waals surface area (Å²) in [6.45, 7) is 5.00. The maximum absolute atomic E-state index is 12.8. The zero-order valence-electron chi connectivity index (χ0n) is 15.8. The Hall–Kier alpha value is -2.22. The predicted octanol–water partition coefficient (Wildman–Crippen LogP) is 3.21. The van der Waals surface area contributed by atoms with Crippen LogP contribution >= 0.6 is 11.3 Å². The van der Waals surface area contributed by atoms with Crippen LogP contribution in [0.15, 0.2) is 11.1 Å². The number of aromatic nitrogens is 2. The fraction of sp³-hybridized carbons (Fsp3) is 0.579. The highest BCUT2D eigenvalue weighted by atomic mass is 32.1. The molecular weight excluding hydrogens is 368 g/mol. The number of aryl methyl sites for hydroxylation is 1. The van der Waals surface area contributed by atoms with Crippen molar-refractivity contribution in [2.24, 2.45) is 0 Å². The molecule has 0 N–H and O–H groups in total. The fourth-order valence-electron chi connectivity index (χ4n) is 3.29. The van der Waals surface area contributed by atoms with Crippen molar-refractivity contribution in [3.63, 3.8) is 0 Å². The molecule has 2 heterocycles. The van der Waals surface area contributed by atoms with E-state index in [0.717, 1.165) is 37.0 Å². The number of ether oxygens (including phenoxy) is 2. The van der Waals surface area contributed by atoms with Gasteiger partial charge in [-0.2, -0.15) is 0 Å². The van der Waals surface area contributed by atoms with Crippen molar-refractivity contribution in [2.75, 3.05) is 0 Å². The summed E-state index contributed by atoms with van der Waals surface area (Å²) in [5, 5.41) is 0.357. The van der Waals surface area contributed by atoms with Crippen LogP contribution < -0.4 is 5.56 Å². The molecule has 1 aliphatic rings. The van der Waals surface area contributed by atoms with Crippen molar-refractivity contribution in [2.45, 2.75) is 71.6 Å². The monoisotopic (exact) mass is 392 g/mol. The van der Waals surface area contributed by atoms with Gasteiger partial charge in [-0.3, -0.25) is 14.2 Å². The molecule has 0 aromatic carbocycles. The van der Waals surface area contributed by atoms with Gasteiger partial charge in [0.15, 0.2) is 0 Å². The summed E-state index contributed by atoms with van der Waals surface area (Å²) in [6, 6.07) is 0. The summed E-state index contributed by atoms with van der Waals surface area (Å²) in [7, 11) is 0. The topological polar surface area (TPSA) is 87.5 Å². The summed E-state index contributed by atoms with van der Waals surface area (Å²) >= 11 is 1.16. The normalized spacial score (nSPS) is 15.3. The number of nitrogens with zero attached hydrogens (tertiary/aromatic N) is 2. The van der Waals surface area contributed by atoms with Gasteiger partial charge < -0.3 is 9.47 Å². The SMILES string of the molecule is Cc1c(C(=O)OC2CCCCC2)sc2ncn(CC(=O)OC(C)C)c(=O)c12. The number of carbonyl (C=O) groups excluding carboxylic acids is 2. The lowest BCUT2D eigenvalue weighted by atomic mass is 9.98. The standard InChI is InChI=1S/C19H24N2O5S/c1-11(2)25-14(22)9-21-10-20-17-15(18(21)23)12(3)16(27-17)19(24)26-13-7-5-4-6-8-13/h10-11,13H,4-9H2,1-3H3. The van der Waals surface area contributed by atoms with Gasteiger partial charge in [-0.15, -0.1) is 11.3 Å². The third-order valence-electron chi connectivity index (χ3n) is 4.60. The van der Waals surface area contributed by atoms with Crippen LogP contribution in [0.2, 0.25) is 0 Å². The molecule has 3 rings (SSSR count). The van der Waals surface area contributed by atoms with Crippen LogP contribution in [0.3, 0.4) is 0 Å². The molecule has 0 radical (unpaired) electrons. The average Bonchev–Trinajstić information content (AvgIpc) is 2.95. The second-order valence-corrected chi connectivity index (χ2v) is 8.12. The van der Waals surface area contributed by atoms with E-state index < -0.39 is 11.9 Å². The van der Waals surface area contributed by atoms with Crippen LogP contribution in [0.4, 0.5) is 0 Å². The molecular formula is C19H24N2O5S. The largest absolute Gasteiger partial charge is 0.462 e. The van der Waals surface area contributed by atoms with Crippen molar-refractivity contribution in [1.29, 1.82) is 0 Å². The Morgan fingerprint density at radius 2 is 2.00 bits per heavy atom. The molecule has 8 heteroatoms. The number of hydrogen-bond acceptors (Lipinski definition) is 7. The lowest BCUT2D eigenvalue weighted by Gasteiger charge is -2.21. The van der Waals surface area contributed by atoms with E-state index in [1.165, 1.54) is 17.3 Å². The molecule has 146 valence electrons. The Balaban J connectivity index is 1.85. The quantitative estimate of drug-likeness (QED) is 0.726. The number of fused-ring (bicyclic) bond motifs is 1. The molecule has 0 amide bonds. The van der Waals surface area contributed by atoms with Crippen molar-refractivity contribution >= 4 is 33.5 Å². The van der Waals surface area contributed by atoms with Gasteiger partial charge in [-0.1, -0.05) is 6.42 Å². The Morgan fingerprint density at radius 3 is 2.67 bits per heavy atom. The molecule has 0 bridgehead atoms. The van der Waals surface area contributed by atoms with E-state index in [9.17, 15) is 14.4 Å². The predicted molar refractivity (Wildman–Crippen MR) is 102 cm³/mol. The van der Waals surface area contributed by atoms with Crippen molar-refractivity contribution in [1.82, 2.24) is 9.55 Å². The first kappa shape index (κ1) is 19.5. The van der Waals surface area contributed by atoms with E-state index in [1.54, 1.807) is 20.8 Å². The molecule has 0 aliphatic heterocycles. The van der Waals surface area contributed by atoms with Crippen molar-refractivity contribution in [3.8, 4) is 0 Å². The smallest absolute Gasteiger partial charge is 0.348 e. The highest BCUT2D eigenvalue weighted by molar-refractivity contribution is 7.20. The van der Waals surface area contributed by atoms with Crippen LogP contribution in [0.25, 0.3) is 10.2 Å². The van der Waals surface area contributed by atoms with E-state index in [1.807, 2.05) is 0 Å². The van der Waals surface area contributed by atoms with Gasteiger partial charge in [0.1, 0.15) is 22.4 Å². The number of rotatable bonds is 5. The first-order valence-corrected chi connectivity index (χ1v) is 10.1. The summed E-state index contributed by atoms with van der Waals surface area (Å²) in [6.07, 6.45) is 6.11. The third-order valence-corrected chi connectivity index (χ3v) is 5.78. The Morgan fingerprint density at radius 1 is 1.30 bits per heavy atom. The van der Waals surface area contributed by atoms with Crippen LogP contribution in [-0.4, -0.2) is 33.7 Å². The number of thiophene rings is 1. The van der Waals surface area contributed by atoms with Gasteiger partial charge in [-0.05, 0) is 52.0 Å². The molecule has 0 unspecified atom stereocenters. The lowest BCUT2D eigenvalue weighted by Crippen LogP contribution is -2.27. The number of esters is 2. The third kappa shape index (κ3) is 4.37. The van der Waals surface area contributed by atoms with Gasteiger partial charge in [-0.25, -0.2) is 9.78 Å². The van der Waals surface area contributed by atoms with Gasteiger partial charge in [0.05, 0.1) is 17.8 Å².